The molecule has 0 aromatic heterocycles. The Morgan fingerprint density at radius 3 is 2.26 bits per heavy atom. The van der Waals surface area contributed by atoms with Crippen LogP contribution in [0.3, 0.4) is 0 Å². The number of hydrogen-bond acceptors (Lipinski definition) is 5. The fourth-order valence-electron chi connectivity index (χ4n) is 1.72. The average Bonchev–Trinajstić information content (AvgIpc) is 2.44. The molecule has 19 heavy (non-hydrogen) atoms. The van der Waals surface area contributed by atoms with Gasteiger partial charge in [-0.05, 0) is 19.1 Å². The van der Waals surface area contributed by atoms with E-state index in [1.165, 1.54) is 14.2 Å². The third-order valence-electron chi connectivity index (χ3n) is 2.63. The maximum absolute atomic E-state index is 14.0. The van der Waals surface area contributed by atoms with Crippen molar-refractivity contribution in [3.63, 3.8) is 0 Å². The first-order chi connectivity index (χ1) is 9.06. The molecule has 0 fully saturated rings. The number of nitrogens with two attached hydrogens (primary N) is 1. The SMILES string of the molecule is CCOC(=O)C(F)[C@H](N)c1c(OC)cccc1OC. The second-order valence-corrected chi connectivity index (χ2v) is 3.76. The number of esters is 1. The Bertz CT molecular complexity index is 416. The van der Waals surface area contributed by atoms with Crippen molar-refractivity contribution in [1.82, 2.24) is 0 Å². The molecule has 1 rings (SSSR count). The lowest BCUT2D eigenvalue weighted by Crippen LogP contribution is -2.32. The van der Waals surface area contributed by atoms with Gasteiger partial charge in [-0.25, -0.2) is 9.18 Å². The van der Waals surface area contributed by atoms with E-state index in [4.69, 9.17) is 15.2 Å². The summed E-state index contributed by atoms with van der Waals surface area (Å²) in [5, 5.41) is 0. The number of carbonyl (C=O) groups excluding carboxylic acids is 1. The molecule has 0 radical (unpaired) electrons. The summed E-state index contributed by atoms with van der Waals surface area (Å²) in [6.07, 6.45) is -1.98. The average molecular weight is 271 g/mol. The lowest BCUT2D eigenvalue weighted by atomic mass is 10.0. The van der Waals surface area contributed by atoms with Crippen LogP contribution in [0.25, 0.3) is 0 Å². The summed E-state index contributed by atoms with van der Waals surface area (Å²) < 4.78 is 28.8. The van der Waals surface area contributed by atoms with Crippen molar-refractivity contribution in [3.05, 3.63) is 23.8 Å². The van der Waals surface area contributed by atoms with Crippen molar-refractivity contribution < 1.29 is 23.4 Å². The largest absolute Gasteiger partial charge is 0.496 e. The molecular weight excluding hydrogens is 253 g/mol. The minimum Gasteiger partial charge on any atom is -0.496 e. The molecule has 0 bridgehead atoms. The van der Waals surface area contributed by atoms with Crippen LogP contribution in [0.4, 0.5) is 4.39 Å². The highest BCUT2D eigenvalue weighted by molar-refractivity contribution is 5.76. The van der Waals surface area contributed by atoms with E-state index < -0.39 is 18.2 Å². The molecule has 0 amide bonds. The van der Waals surface area contributed by atoms with Crippen LogP contribution >= 0.6 is 0 Å². The van der Waals surface area contributed by atoms with Gasteiger partial charge in [-0.3, -0.25) is 0 Å². The van der Waals surface area contributed by atoms with Gasteiger partial charge >= 0.3 is 5.97 Å². The Balaban J connectivity index is 3.10. The maximum atomic E-state index is 14.0. The van der Waals surface area contributed by atoms with Crippen LogP contribution < -0.4 is 15.2 Å². The summed E-state index contributed by atoms with van der Waals surface area (Å²) in [6.45, 7) is 1.69. The molecular formula is C13H18FNO4. The number of carbonyl (C=O) groups is 1. The van der Waals surface area contributed by atoms with Crippen LogP contribution in [0.5, 0.6) is 11.5 Å². The van der Waals surface area contributed by atoms with E-state index in [0.29, 0.717) is 17.1 Å². The summed E-state index contributed by atoms with van der Waals surface area (Å²) in [5.74, 6) is -0.277. The molecule has 1 aromatic carbocycles. The summed E-state index contributed by atoms with van der Waals surface area (Å²) >= 11 is 0. The molecule has 0 aliphatic rings. The number of alkyl halides is 1. The first-order valence-electron chi connectivity index (χ1n) is 5.84. The predicted octanol–water partition coefficient (Wildman–Crippen LogP) is 1.60. The quantitative estimate of drug-likeness (QED) is 0.796. The van der Waals surface area contributed by atoms with Gasteiger partial charge in [0.25, 0.3) is 0 Å². The van der Waals surface area contributed by atoms with E-state index in [9.17, 15) is 9.18 Å². The lowest BCUT2D eigenvalue weighted by molar-refractivity contribution is -0.149. The topological polar surface area (TPSA) is 70.8 Å². The standard InChI is InChI=1S/C13H18FNO4/c1-4-19-13(16)11(14)12(15)10-8(17-2)6-5-7-9(10)18-3/h5-7,11-12H,4,15H2,1-3H3/t11?,12-/m1/s1. The fraction of sp³-hybridized carbons (Fsp3) is 0.462. The highest BCUT2D eigenvalue weighted by Crippen LogP contribution is 2.35. The Morgan fingerprint density at radius 2 is 1.84 bits per heavy atom. The first-order valence-corrected chi connectivity index (χ1v) is 5.84. The molecule has 2 atom stereocenters. The van der Waals surface area contributed by atoms with Gasteiger partial charge in [0.1, 0.15) is 11.5 Å². The molecule has 106 valence electrons. The van der Waals surface area contributed by atoms with E-state index in [1.54, 1.807) is 25.1 Å². The minimum absolute atomic E-state index is 0.0923. The molecule has 0 saturated heterocycles. The Morgan fingerprint density at radius 1 is 1.32 bits per heavy atom. The van der Waals surface area contributed by atoms with Gasteiger partial charge in [0.05, 0.1) is 32.4 Å². The van der Waals surface area contributed by atoms with Gasteiger partial charge in [-0.2, -0.15) is 0 Å². The number of rotatable bonds is 6. The van der Waals surface area contributed by atoms with E-state index >= 15 is 0 Å². The van der Waals surface area contributed by atoms with Crippen molar-refractivity contribution in [2.75, 3.05) is 20.8 Å². The molecule has 0 aliphatic carbocycles. The van der Waals surface area contributed by atoms with Crippen LogP contribution in [0, 0.1) is 0 Å². The zero-order chi connectivity index (χ0) is 14.4. The van der Waals surface area contributed by atoms with Crippen LogP contribution in [-0.2, 0) is 9.53 Å². The van der Waals surface area contributed by atoms with Gasteiger partial charge in [-0.1, -0.05) is 6.07 Å². The summed E-state index contributed by atoms with van der Waals surface area (Å²) in [5.41, 5.74) is 6.09. The summed E-state index contributed by atoms with van der Waals surface area (Å²) in [6, 6.07) is 3.71. The van der Waals surface area contributed by atoms with Gasteiger partial charge in [0, 0.05) is 0 Å². The highest BCUT2D eigenvalue weighted by Gasteiger charge is 2.32. The number of methoxy groups -OCH3 is 2. The van der Waals surface area contributed by atoms with Crippen molar-refractivity contribution >= 4 is 5.97 Å². The van der Waals surface area contributed by atoms with Crippen molar-refractivity contribution in [1.29, 1.82) is 0 Å². The lowest BCUT2D eigenvalue weighted by Gasteiger charge is -2.20. The molecule has 1 aromatic rings. The third kappa shape index (κ3) is 3.35. The van der Waals surface area contributed by atoms with Gasteiger partial charge in [0.15, 0.2) is 0 Å². The second-order valence-electron chi connectivity index (χ2n) is 3.76. The molecule has 0 aliphatic heterocycles. The monoisotopic (exact) mass is 271 g/mol. The number of benzene rings is 1. The highest BCUT2D eigenvalue weighted by atomic mass is 19.1. The fourth-order valence-corrected chi connectivity index (χ4v) is 1.72. The summed E-state index contributed by atoms with van der Waals surface area (Å²) in [7, 11) is 2.87. The Kier molecular flexibility index (Phi) is 5.57. The third-order valence-corrected chi connectivity index (χ3v) is 2.63. The maximum Gasteiger partial charge on any atom is 0.342 e. The van der Waals surface area contributed by atoms with E-state index in [-0.39, 0.29) is 6.61 Å². The zero-order valence-electron chi connectivity index (χ0n) is 11.2. The van der Waals surface area contributed by atoms with E-state index in [0.717, 1.165) is 0 Å². The van der Waals surface area contributed by atoms with Gasteiger partial charge in [0.2, 0.25) is 6.17 Å². The molecule has 5 nitrogen and oxygen atoms in total. The Labute approximate surface area is 111 Å². The molecule has 1 unspecified atom stereocenters. The molecule has 0 saturated carbocycles. The number of ether oxygens (including phenoxy) is 3. The predicted molar refractivity (Wildman–Crippen MR) is 68.0 cm³/mol. The van der Waals surface area contributed by atoms with Crippen LogP contribution in [0.15, 0.2) is 18.2 Å². The number of hydrogen-bond donors (Lipinski definition) is 1. The molecule has 0 spiro atoms. The Hall–Kier alpha value is -1.82. The number of halogens is 1. The minimum atomic E-state index is -1.98. The molecule has 6 heteroatoms. The van der Waals surface area contributed by atoms with E-state index in [1.807, 2.05) is 0 Å². The normalized spacial score (nSPS) is 13.5. The van der Waals surface area contributed by atoms with Gasteiger partial charge in [-0.15, -0.1) is 0 Å². The van der Waals surface area contributed by atoms with Gasteiger partial charge < -0.3 is 19.9 Å². The van der Waals surface area contributed by atoms with Crippen LogP contribution in [0.1, 0.15) is 18.5 Å². The summed E-state index contributed by atoms with van der Waals surface area (Å²) in [4.78, 5) is 11.4. The first kappa shape index (κ1) is 15.2. The van der Waals surface area contributed by atoms with Crippen LogP contribution in [-0.4, -0.2) is 33.0 Å². The zero-order valence-corrected chi connectivity index (χ0v) is 11.2. The van der Waals surface area contributed by atoms with Crippen molar-refractivity contribution in [2.45, 2.75) is 19.1 Å². The van der Waals surface area contributed by atoms with Crippen molar-refractivity contribution in [2.24, 2.45) is 5.73 Å². The smallest absolute Gasteiger partial charge is 0.342 e. The van der Waals surface area contributed by atoms with E-state index in [2.05, 4.69) is 4.74 Å². The van der Waals surface area contributed by atoms with Crippen LogP contribution in [0.2, 0.25) is 0 Å². The molecule has 2 N–H and O–H groups in total. The second kappa shape index (κ2) is 6.94. The molecule has 0 heterocycles. The van der Waals surface area contributed by atoms with Crippen molar-refractivity contribution in [3.8, 4) is 11.5 Å².